The predicted molar refractivity (Wildman–Crippen MR) is 105 cm³/mol. The van der Waals surface area contributed by atoms with Crippen LogP contribution in [-0.4, -0.2) is 26.4 Å². The largest absolute Gasteiger partial charge is 0.349 e. The molecule has 1 heterocycles. The summed E-state index contributed by atoms with van der Waals surface area (Å²) >= 11 is 7.36. The fourth-order valence-corrected chi connectivity index (χ4v) is 3.42. The number of hydrogen-bond donors (Lipinski definition) is 1. The molecule has 2 aromatic carbocycles. The molecule has 1 atom stereocenters. The Balaban J connectivity index is 1.60. The summed E-state index contributed by atoms with van der Waals surface area (Å²) in [6.07, 6.45) is 1.65. The van der Waals surface area contributed by atoms with Gasteiger partial charge < -0.3 is 5.32 Å². The zero-order chi connectivity index (χ0) is 18.5. The second-order valence-electron chi connectivity index (χ2n) is 5.95. The van der Waals surface area contributed by atoms with E-state index in [0.29, 0.717) is 10.2 Å². The van der Waals surface area contributed by atoms with Gasteiger partial charge in [-0.1, -0.05) is 53.2 Å². The molecule has 1 amide bonds. The summed E-state index contributed by atoms with van der Waals surface area (Å²) in [5.41, 5.74) is 3.12. The summed E-state index contributed by atoms with van der Waals surface area (Å²) < 4.78 is 1.87. The number of carbonyl (C=O) groups is 1. The van der Waals surface area contributed by atoms with Gasteiger partial charge in [0.25, 0.3) is 0 Å². The fourth-order valence-electron chi connectivity index (χ4n) is 2.48. The SMILES string of the molecule is Cc1ccc(-n2cnnc2SCC(=O)NC(C)c2cccc(Cl)c2)cc1. The van der Waals surface area contributed by atoms with Crippen molar-refractivity contribution in [3.8, 4) is 5.69 Å². The molecular weight excluding hydrogens is 368 g/mol. The Hall–Kier alpha value is -2.31. The van der Waals surface area contributed by atoms with Gasteiger partial charge in [-0.3, -0.25) is 9.36 Å². The lowest BCUT2D eigenvalue weighted by atomic mass is 10.1. The summed E-state index contributed by atoms with van der Waals surface area (Å²) in [5.74, 6) is 0.191. The minimum Gasteiger partial charge on any atom is -0.349 e. The van der Waals surface area contributed by atoms with E-state index < -0.39 is 0 Å². The van der Waals surface area contributed by atoms with Gasteiger partial charge in [0.2, 0.25) is 5.91 Å². The van der Waals surface area contributed by atoms with E-state index in [1.807, 2.05) is 66.9 Å². The Bertz CT molecular complexity index is 895. The van der Waals surface area contributed by atoms with Crippen LogP contribution in [0, 0.1) is 6.92 Å². The normalized spacial score (nSPS) is 12.0. The van der Waals surface area contributed by atoms with Crippen LogP contribution < -0.4 is 5.32 Å². The van der Waals surface area contributed by atoms with Gasteiger partial charge in [0.15, 0.2) is 5.16 Å². The topological polar surface area (TPSA) is 59.8 Å². The molecule has 3 rings (SSSR count). The second kappa shape index (κ2) is 8.38. The maximum Gasteiger partial charge on any atom is 0.230 e. The number of aryl methyl sites for hydroxylation is 1. The van der Waals surface area contributed by atoms with Gasteiger partial charge in [-0.15, -0.1) is 10.2 Å². The number of aromatic nitrogens is 3. The van der Waals surface area contributed by atoms with Crippen LogP contribution in [0.3, 0.4) is 0 Å². The molecule has 3 aromatic rings. The van der Waals surface area contributed by atoms with Crippen molar-refractivity contribution in [3.63, 3.8) is 0 Å². The van der Waals surface area contributed by atoms with Gasteiger partial charge in [0.1, 0.15) is 6.33 Å². The quantitative estimate of drug-likeness (QED) is 0.645. The second-order valence-corrected chi connectivity index (χ2v) is 7.33. The zero-order valence-electron chi connectivity index (χ0n) is 14.5. The monoisotopic (exact) mass is 386 g/mol. The number of nitrogens with one attached hydrogen (secondary N) is 1. The van der Waals surface area contributed by atoms with Crippen LogP contribution in [0.1, 0.15) is 24.1 Å². The Morgan fingerprint density at radius 2 is 2.04 bits per heavy atom. The lowest BCUT2D eigenvalue weighted by Gasteiger charge is -2.14. The summed E-state index contributed by atoms with van der Waals surface area (Å²) in [6, 6.07) is 15.4. The third-order valence-electron chi connectivity index (χ3n) is 3.89. The summed E-state index contributed by atoms with van der Waals surface area (Å²) in [7, 11) is 0. The average Bonchev–Trinajstić information content (AvgIpc) is 3.09. The lowest BCUT2D eigenvalue weighted by Crippen LogP contribution is -2.28. The van der Waals surface area contributed by atoms with Crippen molar-refractivity contribution < 1.29 is 4.79 Å². The van der Waals surface area contributed by atoms with Crippen molar-refractivity contribution >= 4 is 29.3 Å². The minimum atomic E-state index is -0.114. The van der Waals surface area contributed by atoms with E-state index in [0.717, 1.165) is 11.3 Å². The number of carbonyl (C=O) groups excluding carboxylic acids is 1. The van der Waals surface area contributed by atoms with Gasteiger partial charge >= 0.3 is 0 Å². The molecule has 0 aliphatic heterocycles. The van der Waals surface area contributed by atoms with Crippen molar-refractivity contribution in [1.29, 1.82) is 0 Å². The molecule has 1 aromatic heterocycles. The van der Waals surface area contributed by atoms with E-state index in [-0.39, 0.29) is 17.7 Å². The van der Waals surface area contributed by atoms with E-state index in [2.05, 4.69) is 15.5 Å². The number of thioether (sulfide) groups is 1. The number of rotatable bonds is 6. The first-order valence-corrected chi connectivity index (χ1v) is 9.54. The number of benzene rings is 2. The highest BCUT2D eigenvalue weighted by molar-refractivity contribution is 7.99. The summed E-state index contributed by atoms with van der Waals surface area (Å²) in [5, 5.41) is 12.4. The van der Waals surface area contributed by atoms with Crippen LogP contribution in [-0.2, 0) is 4.79 Å². The molecule has 0 fully saturated rings. The third kappa shape index (κ3) is 4.65. The van der Waals surface area contributed by atoms with Gasteiger partial charge in [0, 0.05) is 10.7 Å². The maximum absolute atomic E-state index is 12.3. The number of nitrogens with zero attached hydrogens (tertiary/aromatic N) is 3. The Morgan fingerprint density at radius 3 is 2.77 bits per heavy atom. The Kier molecular flexibility index (Phi) is 5.96. The predicted octanol–water partition coefficient (Wildman–Crippen LogP) is 4.20. The molecule has 0 aliphatic carbocycles. The Morgan fingerprint density at radius 1 is 1.27 bits per heavy atom. The molecule has 5 nitrogen and oxygen atoms in total. The van der Waals surface area contributed by atoms with Crippen LogP contribution in [0.15, 0.2) is 60.0 Å². The molecule has 1 unspecified atom stereocenters. The molecule has 0 radical (unpaired) electrons. The van der Waals surface area contributed by atoms with Crippen molar-refractivity contribution in [2.24, 2.45) is 0 Å². The number of amides is 1. The minimum absolute atomic E-state index is 0.0686. The zero-order valence-corrected chi connectivity index (χ0v) is 16.1. The molecule has 7 heteroatoms. The van der Waals surface area contributed by atoms with Gasteiger partial charge in [-0.05, 0) is 43.7 Å². The standard InChI is InChI=1S/C19H19ClN4OS/c1-13-6-8-17(9-7-13)24-12-21-23-19(24)26-11-18(25)22-14(2)15-4-3-5-16(20)10-15/h3-10,12,14H,11H2,1-2H3,(H,22,25). The molecule has 0 bridgehead atoms. The smallest absolute Gasteiger partial charge is 0.230 e. The van der Waals surface area contributed by atoms with Crippen molar-refractivity contribution in [1.82, 2.24) is 20.1 Å². The maximum atomic E-state index is 12.3. The van der Waals surface area contributed by atoms with Crippen LogP contribution in [0.4, 0.5) is 0 Å². The number of halogens is 1. The highest BCUT2D eigenvalue weighted by Crippen LogP contribution is 2.21. The van der Waals surface area contributed by atoms with E-state index >= 15 is 0 Å². The summed E-state index contributed by atoms with van der Waals surface area (Å²) in [4.78, 5) is 12.3. The highest BCUT2D eigenvalue weighted by atomic mass is 35.5. The first-order valence-electron chi connectivity index (χ1n) is 8.17. The number of hydrogen-bond acceptors (Lipinski definition) is 4. The first-order chi connectivity index (χ1) is 12.5. The van der Waals surface area contributed by atoms with E-state index in [4.69, 9.17) is 11.6 Å². The van der Waals surface area contributed by atoms with Crippen molar-refractivity contribution in [3.05, 3.63) is 71.0 Å². The third-order valence-corrected chi connectivity index (χ3v) is 5.07. The van der Waals surface area contributed by atoms with Crippen LogP contribution in [0.5, 0.6) is 0 Å². The van der Waals surface area contributed by atoms with E-state index in [9.17, 15) is 4.79 Å². The van der Waals surface area contributed by atoms with Crippen molar-refractivity contribution in [2.75, 3.05) is 5.75 Å². The van der Waals surface area contributed by atoms with E-state index in [1.54, 1.807) is 6.33 Å². The van der Waals surface area contributed by atoms with E-state index in [1.165, 1.54) is 17.3 Å². The van der Waals surface area contributed by atoms with Gasteiger partial charge in [0.05, 0.1) is 11.8 Å². The highest BCUT2D eigenvalue weighted by Gasteiger charge is 2.13. The van der Waals surface area contributed by atoms with Crippen LogP contribution in [0.25, 0.3) is 5.69 Å². The molecular formula is C19H19ClN4OS. The first kappa shape index (κ1) is 18.5. The van der Waals surface area contributed by atoms with Gasteiger partial charge in [-0.25, -0.2) is 0 Å². The molecule has 1 N–H and O–H groups in total. The molecule has 26 heavy (non-hydrogen) atoms. The molecule has 0 spiro atoms. The lowest BCUT2D eigenvalue weighted by molar-refractivity contribution is -0.119. The summed E-state index contributed by atoms with van der Waals surface area (Å²) in [6.45, 7) is 3.97. The Labute approximate surface area is 161 Å². The van der Waals surface area contributed by atoms with Gasteiger partial charge in [-0.2, -0.15) is 0 Å². The average molecular weight is 387 g/mol. The van der Waals surface area contributed by atoms with Crippen LogP contribution in [0.2, 0.25) is 5.02 Å². The molecule has 134 valence electrons. The van der Waals surface area contributed by atoms with Crippen LogP contribution >= 0.6 is 23.4 Å². The fraction of sp³-hybridized carbons (Fsp3) is 0.211. The molecule has 0 saturated heterocycles. The molecule has 0 aliphatic rings. The van der Waals surface area contributed by atoms with Crippen molar-refractivity contribution in [2.45, 2.75) is 25.0 Å². The molecule has 0 saturated carbocycles.